The number of anilines is 2. The van der Waals surface area contributed by atoms with E-state index in [2.05, 4.69) is 28.2 Å². The minimum Gasteiger partial charge on any atom is -0.394 e. The van der Waals surface area contributed by atoms with E-state index in [9.17, 15) is 5.11 Å². The van der Waals surface area contributed by atoms with E-state index < -0.39 is 0 Å². The van der Waals surface area contributed by atoms with Crippen molar-refractivity contribution in [1.82, 2.24) is 4.98 Å². The number of aliphatic hydroxyl groups excluding tert-OH is 1. The summed E-state index contributed by atoms with van der Waals surface area (Å²) < 4.78 is 0. The molecule has 4 nitrogen and oxygen atoms in total. The quantitative estimate of drug-likeness (QED) is 0.808. The van der Waals surface area contributed by atoms with E-state index in [0.29, 0.717) is 0 Å². The minimum absolute atomic E-state index is 0.228. The monoisotopic (exact) mass is 221 g/mol. The molecular formula is C12H19N3O. The summed E-state index contributed by atoms with van der Waals surface area (Å²) in [6, 6.07) is 2.36. The van der Waals surface area contributed by atoms with Crippen LogP contribution in [0.15, 0.2) is 18.5 Å². The van der Waals surface area contributed by atoms with Gasteiger partial charge in [0.15, 0.2) is 0 Å². The van der Waals surface area contributed by atoms with E-state index in [1.165, 1.54) is 0 Å². The number of aromatic nitrogens is 1. The van der Waals surface area contributed by atoms with Crippen molar-refractivity contribution in [1.29, 1.82) is 0 Å². The van der Waals surface area contributed by atoms with Gasteiger partial charge in [-0.25, -0.2) is 0 Å². The number of nitrogens with zero attached hydrogens (tertiary/aromatic N) is 2. The molecule has 4 heteroatoms. The highest BCUT2D eigenvalue weighted by Gasteiger charge is 2.24. The van der Waals surface area contributed by atoms with Crippen molar-refractivity contribution in [3.63, 3.8) is 0 Å². The number of aliphatic hydroxyl groups is 1. The number of pyridine rings is 1. The first-order valence-corrected chi connectivity index (χ1v) is 5.91. The smallest absolute Gasteiger partial charge is 0.0635 e. The molecule has 2 rings (SSSR count). The predicted octanol–water partition coefficient (Wildman–Crippen LogP) is 1.47. The normalized spacial score (nSPS) is 20.1. The average Bonchev–Trinajstić information content (AvgIpc) is 2.78. The van der Waals surface area contributed by atoms with Crippen LogP contribution in [0.25, 0.3) is 0 Å². The van der Waals surface area contributed by atoms with Gasteiger partial charge < -0.3 is 15.3 Å². The van der Waals surface area contributed by atoms with Crippen LogP contribution in [-0.4, -0.2) is 35.8 Å². The van der Waals surface area contributed by atoms with E-state index in [1.807, 2.05) is 12.4 Å². The second-order valence-electron chi connectivity index (χ2n) is 4.13. The van der Waals surface area contributed by atoms with Crippen LogP contribution >= 0.6 is 0 Å². The van der Waals surface area contributed by atoms with Gasteiger partial charge in [-0.05, 0) is 25.8 Å². The molecule has 1 aliphatic heterocycles. The summed E-state index contributed by atoms with van der Waals surface area (Å²) in [5, 5.41) is 12.5. The molecule has 2 N–H and O–H groups in total. The highest BCUT2D eigenvalue weighted by atomic mass is 16.3. The minimum atomic E-state index is 0.228. The van der Waals surface area contributed by atoms with E-state index >= 15 is 0 Å². The Labute approximate surface area is 96.3 Å². The lowest BCUT2D eigenvalue weighted by atomic mass is 10.2. The summed E-state index contributed by atoms with van der Waals surface area (Å²) in [5.41, 5.74) is 2.15. The van der Waals surface area contributed by atoms with Gasteiger partial charge >= 0.3 is 0 Å². The average molecular weight is 221 g/mol. The van der Waals surface area contributed by atoms with E-state index in [0.717, 1.165) is 37.3 Å². The molecule has 0 aromatic carbocycles. The van der Waals surface area contributed by atoms with Gasteiger partial charge in [-0.2, -0.15) is 0 Å². The molecule has 0 spiro atoms. The second-order valence-corrected chi connectivity index (χ2v) is 4.13. The number of rotatable bonds is 4. The van der Waals surface area contributed by atoms with E-state index in [4.69, 9.17) is 0 Å². The summed E-state index contributed by atoms with van der Waals surface area (Å²) in [6.07, 6.45) is 5.92. The van der Waals surface area contributed by atoms with Crippen LogP contribution in [0.4, 0.5) is 11.4 Å². The number of hydrogen-bond donors (Lipinski definition) is 2. The van der Waals surface area contributed by atoms with Crippen LogP contribution in [0.3, 0.4) is 0 Å². The van der Waals surface area contributed by atoms with Crippen molar-refractivity contribution in [3.05, 3.63) is 18.5 Å². The van der Waals surface area contributed by atoms with Gasteiger partial charge in [0.2, 0.25) is 0 Å². The first-order chi connectivity index (χ1) is 7.85. The van der Waals surface area contributed by atoms with Gasteiger partial charge in [0.05, 0.1) is 36.4 Å². The van der Waals surface area contributed by atoms with Gasteiger partial charge in [-0.1, -0.05) is 0 Å². The van der Waals surface area contributed by atoms with E-state index in [-0.39, 0.29) is 12.6 Å². The van der Waals surface area contributed by atoms with Crippen molar-refractivity contribution in [2.24, 2.45) is 0 Å². The zero-order valence-corrected chi connectivity index (χ0v) is 9.69. The fourth-order valence-corrected chi connectivity index (χ4v) is 2.25. The first kappa shape index (κ1) is 11.2. The van der Waals surface area contributed by atoms with Crippen molar-refractivity contribution in [2.45, 2.75) is 25.8 Å². The Morgan fingerprint density at radius 2 is 2.44 bits per heavy atom. The Hall–Kier alpha value is -1.29. The molecule has 0 amide bonds. The van der Waals surface area contributed by atoms with Gasteiger partial charge in [-0.3, -0.25) is 4.98 Å². The van der Waals surface area contributed by atoms with Gasteiger partial charge in [0.1, 0.15) is 0 Å². The van der Waals surface area contributed by atoms with Gasteiger partial charge in [-0.15, -0.1) is 0 Å². The molecule has 0 bridgehead atoms. The fourth-order valence-electron chi connectivity index (χ4n) is 2.25. The summed E-state index contributed by atoms with van der Waals surface area (Å²) in [4.78, 5) is 6.47. The maximum Gasteiger partial charge on any atom is 0.0635 e. The van der Waals surface area contributed by atoms with Crippen LogP contribution in [-0.2, 0) is 0 Å². The SMILES string of the molecule is CCNc1cncc(N2CCCC2CO)c1. The Bertz CT molecular complexity index is 343. The lowest BCUT2D eigenvalue weighted by Gasteiger charge is -2.25. The molecule has 1 unspecified atom stereocenters. The van der Waals surface area contributed by atoms with Crippen molar-refractivity contribution in [3.8, 4) is 0 Å². The Morgan fingerprint density at radius 3 is 3.19 bits per heavy atom. The third kappa shape index (κ3) is 2.27. The molecule has 1 saturated heterocycles. The topological polar surface area (TPSA) is 48.4 Å². The largest absolute Gasteiger partial charge is 0.394 e. The third-order valence-electron chi connectivity index (χ3n) is 3.02. The van der Waals surface area contributed by atoms with Crippen molar-refractivity contribution in [2.75, 3.05) is 29.9 Å². The van der Waals surface area contributed by atoms with Gasteiger partial charge in [0, 0.05) is 13.1 Å². The molecule has 0 saturated carbocycles. The second kappa shape index (κ2) is 5.16. The van der Waals surface area contributed by atoms with Crippen LogP contribution in [0, 0.1) is 0 Å². The van der Waals surface area contributed by atoms with Crippen LogP contribution in [0.1, 0.15) is 19.8 Å². The highest BCUT2D eigenvalue weighted by Crippen LogP contribution is 2.26. The van der Waals surface area contributed by atoms with Crippen molar-refractivity contribution >= 4 is 11.4 Å². The summed E-state index contributed by atoms with van der Waals surface area (Å²) in [6.45, 7) is 4.21. The van der Waals surface area contributed by atoms with Crippen LogP contribution in [0.2, 0.25) is 0 Å². The zero-order valence-electron chi connectivity index (χ0n) is 9.69. The molecule has 0 radical (unpaired) electrons. The molecule has 1 aromatic rings. The molecule has 88 valence electrons. The molecule has 1 aliphatic rings. The summed E-state index contributed by atoms with van der Waals surface area (Å²) >= 11 is 0. The standard InChI is InChI=1S/C12H19N3O/c1-2-14-10-6-12(8-13-7-10)15-5-3-4-11(15)9-16/h6-8,11,14,16H,2-5,9H2,1H3. The predicted molar refractivity (Wildman–Crippen MR) is 65.9 cm³/mol. The van der Waals surface area contributed by atoms with E-state index in [1.54, 1.807) is 0 Å². The number of hydrogen-bond acceptors (Lipinski definition) is 4. The lowest BCUT2D eigenvalue weighted by Crippen LogP contribution is -2.32. The lowest BCUT2D eigenvalue weighted by molar-refractivity contribution is 0.266. The first-order valence-electron chi connectivity index (χ1n) is 5.91. The molecule has 1 fully saturated rings. The fraction of sp³-hybridized carbons (Fsp3) is 0.583. The Morgan fingerprint density at radius 1 is 1.56 bits per heavy atom. The van der Waals surface area contributed by atoms with Gasteiger partial charge in [0.25, 0.3) is 0 Å². The Kier molecular flexibility index (Phi) is 3.62. The zero-order chi connectivity index (χ0) is 11.4. The molecular weight excluding hydrogens is 202 g/mol. The summed E-state index contributed by atoms with van der Waals surface area (Å²) in [7, 11) is 0. The van der Waals surface area contributed by atoms with Crippen LogP contribution < -0.4 is 10.2 Å². The molecule has 0 aliphatic carbocycles. The summed E-state index contributed by atoms with van der Waals surface area (Å²) in [5.74, 6) is 0. The maximum absolute atomic E-state index is 9.29. The van der Waals surface area contributed by atoms with Crippen LogP contribution in [0.5, 0.6) is 0 Å². The van der Waals surface area contributed by atoms with Crippen molar-refractivity contribution < 1.29 is 5.11 Å². The maximum atomic E-state index is 9.29. The molecule has 2 heterocycles. The molecule has 16 heavy (non-hydrogen) atoms. The third-order valence-corrected chi connectivity index (χ3v) is 3.02. The highest BCUT2D eigenvalue weighted by molar-refractivity contribution is 5.56. The Balaban J connectivity index is 2.16. The number of nitrogens with one attached hydrogen (secondary N) is 1. The molecule has 1 aromatic heterocycles. The molecule has 1 atom stereocenters.